The van der Waals surface area contributed by atoms with Crippen molar-refractivity contribution in [2.24, 2.45) is 0 Å². The van der Waals surface area contributed by atoms with Crippen LogP contribution in [0.1, 0.15) is 22.3 Å². The molecule has 1 heterocycles. The lowest BCUT2D eigenvalue weighted by molar-refractivity contribution is 0.809. The molecule has 268 valence electrons. The van der Waals surface area contributed by atoms with Crippen LogP contribution in [0.5, 0.6) is 0 Å². The number of hydrogen-bond donors (Lipinski definition) is 0. The minimum absolute atomic E-state index is 0.512. The summed E-state index contributed by atoms with van der Waals surface area (Å²) in [6.45, 7) is 0. The molecule has 58 heavy (non-hydrogen) atoms. The summed E-state index contributed by atoms with van der Waals surface area (Å²) in [5.41, 5.74) is 16.9. The smallest absolute Gasteiger partial charge is 0.145 e. The van der Waals surface area contributed by atoms with Gasteiger partial charge in [-0.1, -0.05) is 176 Å². The van der Waals surface area contributed by atoms with Gasteiger partial charge in [-0.25, -0.2) is 4.98 Å². The Morgan fingerprint density at radius 2 is 0.914 bits per heavy atom. The molecule has 0 atom stereocenters. The predicted octanol–water partition coefficient (Wildman–Crippen LogP) is 14.2. The summed E-state index contributed by atoms with van der Waals surface area (Å²) in [5.74, 6) is 0.936. The summed E-state index contributed by atoms with van der Waals surface area (Å²) in [6, 6.07) is 76.2. The number of nitrogens with zero attached hydrogens (tertiary/aromatic N) is 2. The second-order valence-electron chi connectivity index (χ2n) is 15.8. The van der Waals surface area contributed by atoms with E-state index < -0.39 is 5.41 Å². The summed E-state index contributed by atoms with van der Waals surface area (Å²) in [5, 5.41) is 7.73. The van der Waals surface area contributed by atoms with Crippen LogP contribution in [0.2, 0.25) is 0 Å². The Morgan fingerprint density at radius 1 is 0.362 bits per heavy atom. The number of para-hydroxylation sites is 2. The SMILES string of the molecule is c1ccc(-c2nc3ccccc3n2-c2cccc(-c3cc4c(c5ccccc35)C3(c5ccccc5-c5ccccc53)c3c-4c4ccccc4c4ccccc34)c2)cc1. The second-order valence-corrected chi connectivity index (χ2v) is 15.8. The summed E-state index contributed by atoms with van der Waals surface area (Å²) >= 11 is 0. The molecule has 0 N–H and O–H groups in total. The molecule has 13 rings (SSSR count). The van der Waals surface area contributed by atoms with Gasteiger partial charge in [-0.05, 0) is 118 Å². The van der Waals surface area contributed by atoms with Gasteiger partial charge in [-0.3, -0.25) is 4.57 Å². The molecular weight excluding hydrogens is 701 g/mol. The minimum atomic E-state index is -0.512. The van der Waals surface area contributed by atoms with Gasteiger partial charge in [-0.15, -0.1) is 0 Å². The van der Waals surface area contributed by atoms with Gasteiger partial charge in [0.25, 0.3) is 0 Å². The average Bonchev–Trinajstić information content (AvgIpc) is 3.94. The standard InChI is InChI=1S/C56H34N2/c1-2-17-35(18-3-1)55-57-50-31-14-15-32-51(50)58(55)37-20-16-19-36(33-37)46-34-47-52-43-26-7-4-21-38(43)39-22-5-9-28-45(39)54(52)56(53(47)44-27-8-6-23-40(44)46)48-29-12-10-24-41(48)42-25-11-13-30-49(42)56/h1-34H. The molecule has 0 aliphatic heterocycles. The third kappa shape index (κ3) is 4.03. The largest absolute Gasteiger partial charge is 0.292 e. The lowest BCUT2D eigenvalue weighted by Crippen LogP contribution is -2.26. The van der Waals surface area contributed by atoms with Gasteiger partial charge in [0.15, 0.2) is 0 Å². The Bertz CT molecular complexity index is 3470. The second kappa shape index (κ2) is 11.7. The van der Waals surface area contributed by atoms with Crippen molar-refractivity contribution < 1.29 is 0 Å². The maximum Gasteiger partial charge on any atom is 0.145 e. The highest BCUT2D eigenvalue weighted by molar-refractivity contribution is 6.22. The maximum atomic E-state index is 5.18. The third-order valence-electron chi connectivity index (χ3n) is 13.0. The van der Waals surface area contributed by atoms with E-state index in [9.17, 15) is 0 Å². The normalized spacial score (nSPS) is 13.3. The first-order chi connectivity index (χ1) is 28.8. The van der Waals surface area contributed by atoms with E-state index in [1.807, 2.05) is 0 Å². The molecular formula is C56H34N2. The van der Waals surface area contributed by atoms with Gasteiger partial charge in [-0.2, -0.15) is 0 Å². The van der Waals surface area contributed by atoms with E-state index in [2.05, 4.69) is 211 Å². The first-order valence-electron chi connectivity index (χ1n) is 20.1. The van der Waals surface area contributed by atoms with Gasteiger partial charge in [0.05, 0.1) is 16.4 Å². The highest BCUT2D eigenvalue weighted by Gasteiger charge is 2.54. The zero-order valence-electron chi connectivity index (χ0n) is 31.5. The van der Waals surface area contributed by atoms with E-state index in [-0.39, 0.29) is 0 Å². The Hall–Kier alpha value is -7.55. The molecule has 0 amide bonds. The van der Waals surface area contributed by atoms with Gasteiger partial charge in [0.1, 0.15) is 5.82 Å². The lowest BCUT2D eigenvalue weighted by atomic mass is 9.68. The van der Waals surface area contributed by atoms with E-state index in [1.165, 1.54) is 88.0 Å². The number of imidazole rings is 1. The van der Waals surface area contributed by atoms with Crippen LogP contribution >= 0.6 is 0 Å². The maximum absolute atomic E-state index is 5.18. The van der Waals surface area contributed by atoms with Crippen LogP contribution in [0, 0.1) is 0 Å². The molecule has 1 spiro atoms. The Labute approximate surface area is 335 Å². The van der Waals surface area contributed by atoms with Crippen molar-refractivity contribution in [2.45, 2.75) is 5.41 Å². The molecule has 1 aromatic heterocycles. The molecule has 11 aromatic rings. The number of fused-ring (bicyclic) bond motifs is 18. The summed E-state index contributed by atoms with van der Waals surface area (Å²) < 4.78 is 2.32. The van der Waals surface area contributed by atoms with E-state index in [4.69, 9.17) is 4.98 Å². The van der Waals surface area contributed by atoms with Crippen molar-refractivity contribution in [1.82, 2.24) is 9.55 Å². The van der Waals surface area contributed by atoms with Gasteiger partial charge >= 0.3 is 0 Å². The molecule has 0 unspecified atom stereocenters. The Balaban J connectivity index is 1.17. The van der Waals surface area contributed by atoms with Crippen molar-refractivity contribution >= 4 is 43.4 Å². The van der Waals surface area contributed by atoms with Crippen LogP contribution in [-0.2, 0) is 5.41 Å². The average molecular weight is 735 g/mol. The summed E-state index contributed by atoms with van der Waals surface area (Å²) in [4.78, 5) is 5.18. The first kappa shape index (κ1) is 31.6. The van der Waals surface area contributed by atoms with Gasteiger partial charge in [0, 0.05) is 11.3 Å². The van der Waals surface area contributed by atoms with Crippen LogP contribution in [0.25, 0.3) is 93.8 Å². The van der Waals surface area contributed by atoms with Crippen LogP contribution in [0.3, 0.4) is 0 Å². The third-order valence-corrected chi connectivity index (χ3v) is 13.0. The molecule has 2 heteroatoms. The predicted molar refractivity (Wildman–Crippen MR) is 241 cm³/mol. The molecule has 0 bridgehead atoms. The summed E-state index contributed by atoms with van der Waals surface area (Å²) in [7, 11) is 0. The molecule has 0 radical (unpaired) electrons. The fourth-order valence-corrected chi connectivity index (χ4v) is 10.8. The minimum Gasteiger partial charge on any atom is -0.292 e. The molecule has 2 aliphatic carbocycles. The van der Waals surface area contributed by atoms with Crippen LogP contribution in [0.15, 0.2) is 206 Å². The number of rotatable bonds is 3. The van der Waals surface area contributed by atoms with Gasteiger partial charge < -0.3 is 0 Å². The van der Waals surface area contributed by atoms with E-state index >= 15 is 0 Å². The molecule has 0 saturated carbocycles. The van der Waals surface area contributed by atoms with Crippen molar-refractivity contribution in [2.75, 3.05) is 0 Å². The summed E-state index contributed by atoms with van der Waals surface area (Å²) in [6.07, 6.45) is 0. The van der Waals surface area contributed by atoms with Crippen LogP contribution in [-0.4, -0.2) is 9.55 Å². The van der Waals surface area contributed by atoms with Gasteiger partial charge in [0.2, 0.25) is 0 Å². The van der Waals surface area contributed by atoms with Crippen LogP contribution < -0.4 is 0 Å². The molecule has 2 aliphatic rings. The Kier molecular flexibility index (Phi) is 6.40. The number of aromatic nitrogens is 2. The van der Waals surface area contributed by atoms with Crippen LogP contribution in [0.4, 0.5) is 0 Å². The molecule has 10 aromatic carbocycles. The highest BCUT2D eigenvalue weighted by atomic mass is 15.1. The fourth-order valence-electron chi connectivity index (χ4n) is 10.8. The fraction of sp³-hybridized carbons (Fsp3) is 0.0179. The van der Waals surface area contributed by atoms with Crippen molar-refractivity contribution in [3.05, 3.63) is 229 Å². The van der Waals surface area contributed by atoms with E-state index in [0.29, 0.717) is 0 Å². The van der Waals surface area contributed by atoms with Crippen molar-refractivity contribution in [1.29, 1.82) is 0 Å². The monoisotopic (exact) mass is 734 g/mol. The van der Waals surface area contributed by atoms with E-state index in [0.717, 1.165) is 28.1 Å². The first-order valence-corrected chi connectivity index (χ1v) is 20.1. The van der Waals surface area contributed by atoms with Crippen molar-refractivity contribution in [3.8, 4) is 50.5 Å². The number of hydrogen-bond acceptors (Lipinski definition) is 1. The highest BCUT2D eigenvalue weighted by Crippen LogP contribution is 2.67. The zero-order chi connectivity index (χ0) is 38.0. The molecule has 0 fully saturated rings. The Morgan fingerprint density at radius 3 is 1.66 bits per heavy atom. The quantitative estimate of drug-likeness (QED) is 0.165. The topological polar surface area (TPSA) is 17.8 Å². The zero-order valence-corrected chi connectivity index (χ0v) is 31.5. The molecule has 2 nitrogen and oxygen atoms in total. The van der Waals surface area contributed by atoms with E-state index in [1.54, 1.807) is 0 Å². The number of benzene rings is 10. The van der Waals surface area contributed by atoms with Crippen molar-refractivity contribution in [3.63, 3.8) is 0 Å². The lowest BCUT2D eigenvalue weighted by Gasteiger charge is -2.33. The molecule has 0 saturated heterocycles.